The van der Waals surface area contributed by atoms with Gasteiger partial charge in [-0.1, -0.05) is 87.4 Å². The van der Waals surface area contributed by atoms with E-state index in [1.165, 1.54) is 0 Å². The summed E-state index contributed by atoms with van der Waals surface area (Å²) in [6.07, 6.45) is 6.16. The summed E-state index contributed by atoms with van der Waals surface area (Å²) in [5.41, 5.74) is 3.38. The van der Waals surface area contributed by atoms with Crippen LogP contribution in [0, 0.1) is 0 Å². The minimum absolute atomic E-state index is 0.333. The van der Waals surface area contributed by atoms with Gasteiger partial charge in [0.05, 0.1) is 13.2 Å². The van der Waals surface area contributed by atoms with Crippen molar-refractivity contribution in [1.29, 1.82) is 0 Å². The Hall–Kier alpha value is -1.90. The third-order valence-electron chi connectivity index (χ3n) is 4.02. The maximum Gasteiger partial charge on any atom is 0.184 e. The van der Waals surface area contributed by atoms with Crippen LogP contribution in [0.3, 0.4) is 0 Å². The average molecular weight is 338 g/mol. The Morgan fingerprint density at radius 1 is 0.800 bits per heavy atom. The van der Waals surface area contributed by atoms with Crippen molar-refractivity contribution >= 4 is 11.6 Å². The molecule has 2 aromatic carbocycles. The molecule has 0 fully saturated rings. The molecule has 0 aliphatic rings. The number of unbranched alkanes of at least 4 members (excludes halogenated alkanes) is 2. The van der Waals surface area contributed by atoms with Crippen LogP contribution in [0.2, 0.25) is 0 Å². The van der Waals surface area contributed by atoms with Gasteiger partial charge in [-0.05, 0) is 30.0 Å². The van der Waals surface area contributed by atoms with Gasteiger partial charge in [0.25, 0.3) is 0 Å². The predicted molar refractivity (Wildman–Crippen MR) is 106 cm³/mol. The standard InChI is InChI=1S/C23H30O2/c1-3-5-17-24-23(25-18-6-4-2)22(21-15-11-8-12-16-21)19-20-13-9-7-10-14-20/h7-16,19,23H,3-6,17-18H2,1-2H3/b22-19-. The lowest BCUT2D eigenvalue weighted by atomic mass is 10.0. The minimum atomic E-state index is -0.333. The van der Waals surface area contributed by atoms with Crippen molar-refractivity contribution in [2.75, 3.05) is 13.2 Å². The Labute approximate surface area is 152 Å². The summed E-state index contributed by atoms with van der Waals surface area (Å²) in [6, 6.07) is 20.8. The van der Waals surface area contributed by atoms with Crippen LogP contribution in [-0.4, -0.2) is 19.5 Å². The normalized spacial score (nSPS) is 11.9. The van der Waals surface area contributed by atoms with Crippen molar-refractivity contribution in [2.24, 2.45) is 0 Å². The molecule has 2 rings (SSSR count). The first-order valence-electron chi connectivity index (χ1n) is 9.40. The van der Waals surface area contributed by atoms with Gasteiger partial charge in [-0.25, -0.2) is 0 Å². The van der Waals surface area contributed by atoms with Crippen LogP contribution in [0.1, 0.15) is 50.7 Å². The molecule has 0 amide bonds. The van der Waals surface area contributed by atoms with Crippen LogP contribution in [-0.2, 0) is 9.47 Å². The summed E-state index contributed by atoms with van der Waals surface area (Å²) < 4.78 is 12.3. The molecule has 0 unspecified atom stereocenters. The van der Waals surface area contributed by atoms with Crippen molar-refractivity contribution in [3.8, 4) is 0 Å². The fourth-order valence-electron chi connectivity index (χ4n) is 2.54. The third-order valence-corrected chi connectivity index (χ3v) is 4.02. The molecule has 134 valence electrons. The van der Waals surface area contributed by atoms with Crippen molar-refractivity contribution in [2.45, 2.75) is 45.8 Å². The van der Waals surface area contributed by atoms with E-state index in [0.29, 0.717) is 13.2 Å². The zero-order chi connectivity index (χ0) is 17.7. The zero-order valence-electron chi connectivity index (χ0n) is 15.5. The molecule has 2 nitrogen and oxygen atoms in total. The summed E-state index contributed by atoms with van der Waals surface area (Å²) in [5, 5.41) is 0. The number of hydrogen-bond acceptors (Lipinski definition) is 2. The van der Waals surface area contributed by atoms with Gasteiger partial charge in [-0.2, -0.15) is 0 Å². The predicted octanol–water partition coefficient (Wildman–Crippen LogP) is 6.19. The first-order valence-corrected chi connectivity index (χ1v) is 9.40. The average Bonchev–Trinajstić information content (AvgIpc) is 2.67. The van der Waals surface area contributed by atoms with Crippen LogP contribution >= 0.6 is 0 Å². The van der Waals surface area contributed by atoms with Gasteiger partial charge in [0.15, 0.2) is 6.29 Å². The second kappa shape index (κ2) is 11.6. The lowest BCUT2D eigenvalue weighted by Crippen LogP contribution is -2.20. The molecule has 0 radical (unpaired) electrons. The number of rotatable bonds is 11. The highest BCUT2D eigenvalue weighted by Gasteiger charge is 2.17. The minimum Gasteiger partial charge on any atom is -0.348 e. The van der Waals surface area contributed by atoms with Crippen LogP contribution in [0.25, 0.3) is 11.6 Å². The molecule has 0 aliphatic carbocycles. The lowest BCUT2D eigenvalue weighted by Gasteiger charge is -2.22. The molecular weight excluding hydrogens is 308 g/mol. The summed E-state index contributed by atoms with van der Waals surface area (Å²) in [6.45, 7) is 5.78. The van der Waals surface area contributed by atoms with E-state index in [-0.39, 0.29) is 6.29 Å². The van der Waals surface area contributed by atoms with E-state index in [2.05, 4.69) is 68.5 Å². The van der Waals surface area contributed by atoms with Gasteiger partial charge < -0.3 is 9.47 Å². The van der Waals surface area contributed by atoms with Crippen molar-refractivity contribution in [3.63, 3.8) is 0 Å². The van der Waals surface area contributed by atoms with E-state index in [4.69, 9.17) is 9.47 Å². The highest BCUT2D eigenvalue weighted by Crippen LogP contribution is 2.25. The summed E-state index contributed by atoms with van der Waals surface area (Å²) in [4.78, 5) is 0. The smallest absolute Gasteiger partial charge is 0.184 e. The largest absolute Gasteiger partial charge is 0.348 e. The Balaban J connectivity index is 2.29. The number of hydrogen-bond donors (Lipinski definition) is 0. The first-order chi connectivity index (χ1) is 12.3. The molecule has 0 aliphatic heterocycles. The third kappa shape index (κ3) is 6.85. The van der Waals surface area contributed by atoms with Gasteiger partial charge in [-0.15, -0.1) is 0 Å². The van der Waals surface area contributed by atoms with E-state index >= 15 is 0 Å². The first kappa shape index (κ1) is 19.4. The lowest BCUT2D eigenvalue weighted by molar-refractivity contribution is -0.105. The highest BCUT2D eigenvalue weighted by atomic mass is 16.7. The fourth-order valence-corrected chi connectivity index (χ4v) is 2.54. The van der Waals surface area contributed by atoms with Crippen molar-refractivity contribution in [1.82, 2.24) is 0 Å². The Morgan fingerprint density at radius 3 is 1.84 bits per heavy atom. The summed E-state index contributed by atoms with van der Waals surface area (Å²) in [7, 11) is 0. The Kier molecular flexibility index (Phi) is 9.03. The molecule has 2 aromatic rings. The van der Waals surface area contributed by atoms with Crippen LogP contribution in [0.5, 0.6) is 0 Å². The molecular formula is C23H30O2. The van der Waals surface area contributed by atoms with Gasteiger partial charge in [0.2, 0.25) is 0 Å². The van der Waals surface area contributed by atoms with Crippen molar-refractivity contribution in [3.05, 3.63) is 71.8 Å². The Bertz CT molecular complexity index is 595. The van der Waals surface area contributed by atoms with E-state index in [1.54, 1.807) is 0 Å². The molecule has 0 atom stereocenters. The molecule has 0 N–H and O–H groups in total. The molecule has 2 heteroatoms. The molecule has 25 heavy (non-hydrogen) atoms. The van der Waals surface area contributed by atoms with Crippen LogP contribution in [0.4, 0.5) is 0 Å². The second-order valence-corrected chi connectivity index (χ2v) is 6.16. The van der Waals surface area contributed by atoms with E-state index in [1.807, 2.05) is 12.1 Å². The van der Waals surface area contributed by atoms with E-state index < -0.39 is 0 Å². The maximum atomic E-state index is 6.13. The molecule has 0 saturated heterocycles. The van der Waals surface area contributed by atoms with E-state index in [9.17, 15) is 0 Å². The van der Waals surface area contributed by atoms with Crippen LogP contribution < -0.4 is 0 Å². The van der Waals surface area contributed by atoms with E-state index in [0.717, 1.165) is 42.4 Å². The van der Waals surface area contributed by atoms with Crippen molar-refractivity contribution < 1.29 is 9.47 Å². The monoisotopic (exact) mass is 338 g/mol. The maximum absolute atomic E-state index is 6.13. The zero-order valence-corrected chi connectivity index (χ0v) is 15.5. The summed E-state index contributed by atoms with van der Waals surface area (Å²) in [5.74, 6) is 0. The van der Waals surface area contributed by atoms with Gasteiger partial charge in [0.1, 0.15) is 0 Å². The molecule has 0 aromatic heterocycles. The Morgan fingerprint density at radius 2 is 1.32 bits per heavy atom. The highest BCUT2D eigenvalue weighted by molar-refractivity contribution is 5.83. The molecule has 0 bridgehead atoms. The fraction of sp³-hybridized carbons (Fsp3) is 0.391. The molecule has 0 spiro atoms. The number of ether oxygens (including phenoxy) is 2. The number of benzene rings is 2. The second-order valence-electron chi connectivity index (χ2n) is 6.16. The molecule has 0 heterocycles. The topological polar surface area (TPSA) is 18.5 Å². The molecule has 0 saturated carbocycles. The van der Waals surface area contributed by atoms with Gasteiger partial charge in [-0.3, -0.25) is 0 Å². The van der Waals surface area contributed by atoms with Gasteiger partial charge >= 0.3 is 0 Å². The SMILES string of the molecule is CCCCOC(OCCCC)/C(=C\c1ccccc1)c1ccccc1. The quantitative estimate of drug-likeness (QED) is 0.276. The van der Waals surface area contributed by atoms with Gasteiger partial charge in [0, 0.05) is 5.57 Å². The summed E-state index contributed by atoms with van der Waals surface area (Å²) >= 11 is 0. The van der Waals surface area contributed by atoms with Crippen LogP contribution in [0.15, 0.2) is 60.7 Å².